The molecule has 0 aromatic heterocycles. The van der Waals surface area contributed by atoms with E-state index in [0.717, 1.165) is 18.6 Å². The summed E-state index contributed by atoms with van der Waals surface area (Å²) >= 11 is 0. The molecule has 1 aliphatic carbocycles. The number of carbonyl (C=O) groups is 1. The minimum Gasteiger partial charge on any atom is -0.497 e. The highest BCUT2D eigenvalue weighted by molar-refractivity contribution is 7.88. The second-order valence-electron chi connectivity index (χ2n) is 4.69. The first-order valence-corrected chi connectivity index (χ1v) is 7.07. The van der Waals surface area contributed by atoms with Crippen molar-refractivity contribution >= 4 is 16.6 Å². The van der Waals surface area contributed by atoms with Crippen LogP contribution in [-0.4, -0.2) is 27.6 Å². The summed E-state index contributed by atoms with van der Waals surface area (Å²) in [4.78, 5) is 12.4. The number of hydrogen-bond donors (Lipinski definition) is 0. The van der Waals surface area contributed by atoms with Crippen molar-refractivity contribution < 1.29 is 13.7 Å². The summed E-state index contributed by atoms with van der Waals surface area (Å²) in [7, 11) is 0.625. The molecule has 1 aromatic carbocycles. The number of rotatable bonds is 3. The van der Waals surface area contributed by atoms with Gasteiger partial charge in [-0.1, -0.05) is 0 Å². The Labute approximate surface area is 103 Å². The van der Waals surface area contributed by atoms with Gasteiger partial charge in [-0.05, 0) is 43.0 Å². The van der Waals surface area contributed by atoms with E-state index in [4.69, 9.17) is 4.74 Å². The molecule has 1 unspecified atom stereocenters. The lowest BCUT2D eigenvalue weighted by molar-refractivity contribution is 0.0976. The monoisotopic (exact) mass is 250 g/mol. The highest BCUT2D eigenvalue weighted by atomic mass is 32.2. The molecule has 3 rings (SSSR count). The Morgan fingerprint density at radius 2 is 2.12 bits per heavy atom. The summed E-state index contributed by atoms with van der Waals surface area (Å²) in [6.07, 6.45) is 1.75. The SMILES string of the molecule is COc1ccc(C(=O)[C@@]23C[C@@H]2CCS3=O)cc1. The fourth-order valence-electron chi connectivity index (χ4n) is 2.72. The standard InChI is InChI=1S/C13H14O3S/c1-16-11-4-2-9(3-5-11)12(14)13-8-10(13)6-7-17(13)15/h2-5,10H,6-8H2,1H3/t10-,13+,17?/m0/s1. The Bertz CT molecular complexity index is 494. The van der Waals surface area contributed by atoms with Crippen LogP contribution in [0.2, 0.25) is 0 Å². The molecule has 1 aromatic rings. The summed E-state index contributed by atoms with van der Waals surface area (Å²) in [5.41, 5.74) is 0.656. The predicted octanol–water partition coefficient (Wildman–Crippen LogP) is 1.79. The smallest absolute Gasteiger partial charge is 0.181 e. The Morgan fingerprint density at radius 1 is 1.41 bits per heavy atom. The Kier molecular flexibility index (Phi) is 2.36. The van der Waals surface area contributed by atoms with Crippen LogP contribution >= 0.6 is 0 Å². The maximum absolute atomic E-state index is 12.4. The van der Waals surface area contributed by atoms with Crippen molar-refractivity contribution in [3.63, 3.8) is 0 Å². The molecule has 0 radical (unpaired) electrons. The highest BCUT2D eigenvalue weighted by Gasteiger charge is 2.67. The third-order valence-corrected chi connectivity index (χ3v) is 5.95. The molecule has 3 nitrogen and oxygen atoms in total. The van der Waals surface area contributed by atoms with Crippen molar-refractivity contribution in [1.29, 1.82) is 0 Å². The van der Waals surface area contributed by atoms with Crippen molar-refractivity contribution in [2.75, 3.05) is 12.9 Å². The number of fused-ring (bicyclic) bond motifs is 1. The average molecular weight is 250 g/mol. The molecule has 1 saturated carbocycles. The van der Waals surface area contributed by atoms with Gasteiger partial charge in [0.05, 0.1) is 7.11 Å². The molecule has 0 bridgehead atoms. The lowest BCUT2D eigenvalue weighted by atomic mass is 10.0. The van der Waals surface area contributed by atoms with Gasteiger partial charge in [0, 0.05) is 22.1 Å². The normalized spacial score (nSPS) is 34.2. The van der Waals surface area contributed by atoms with Crippen LogP contribution < -0.4 is 4.74 Å². The summed E-state index contributed by atoms with van der Waals surface area (Å²) in [5, 5.41) is 0. The molecular formula is C13H14O3S. The quantitative estimate of drug-likeness (QED) is 0.768. The van der Waals surface area contributed by atoms with Crippen LogP contribution in [0.25, 0.3) is 0 Å². The maximum atomic E-state index is 12.4. The molecular weight excluding hydrogens is 236 g/mol. The molecule has 17 heavy (non-hydrogen) atoms. The highest BCUT2D eigenvalue weighted by Crippen LogP contribution is 2.57. The molecule has 2 fully saturated rings. The average Bonchev–Trinajstić information content (AvgIpc) is 3.03. The third-order valence-electron chi connectivity index (χ3n) is 3.84. The molecule has 90 valence electrons. The number of benzene rings is 1. The Hall–Kier alpha value is -1.16. The van der Waals surface area contributed by atoms with E-state index in [1.807, 2.05) is 0 Å². The van der Waals surface area contributed by atoms with Crippen molar-refractivity contribution in [2.45, 2.75) is 17.6 Å². The van der Waals surface area contributed by atoms with Gasteiger partial charge in [0.25, 0.3) is 0 Å². The first-order chi connectivity index (χ1) is 8.18. The molecule has 1 heterocycles. The van der Waals surface area contributed by atoms with E-state index >= 15 is 0 Å². The molecule has 0 amide bonds. The van der Waals surface area contributed by atoms with Crippen LogP contribution in [0.1, 0.15) is 23.2 Å². The van der Waals surface area contributed by atoms with Gasteiger partial charge < -0.3 is 4.74 Å². The lowest BCUT2D eigenvalue weighted by Gasteiger charge is -2.10. The predicted molar refractivity (Wildman–Crippen MR) is 65.8 cm³/mol. The fourth-order valence-corrected chi connectivity index (χ4v) is 4.78. The van der Waals surface area contributed by atoms with Gasteiger partial charge in [-0.3, -0.25) is 9.00 Å². The second-order valence-corrected chi connectivity index (χ2v) is 6.51. The van der Waals surface area contributed by atoms with Crippen LogP contribution in [0.3, 0.4) is 0 Å². The van der Waals surface area contributed by atoms with Crippen molar-refractivity contribution in [3.8, 4) is 5.75 Å². The molecule has 3 atom stereocenters. The van der Waals surface area contributed by atoms with Gasteiger partial charge in [0.1, 0.15) is 10.5 Å². The van der Waals surface area contributed by atoms with Crippen molar-refractivity contribution in [3.05, 3.63) is 29.8 Å². The zero-order valence-corrected chi connectivity index (χ0v) is 10.5. The Morgan fingerprint density at radius 3 is 2.59 bits per heavy atom. The Balaban J connectivity index is 1.89. The maximum Gasteiger partial charge on any atom is 0.181 e. The third kappa shape index (κ3) is 1.47. The summed E-state index contributed by atoms with van der Waals surface area (Å²) < 4.78 is 16.5. The van der Waals surface area contributed by atoms with E-state index in [2.05, 4.69) is 0 Å². The number of carbonyl (C=O) groups excluding carboxylic acids is 1. The molecule has 1 aliphatic heterocycles. The minimum atomic E-state index is -0.971. The summed E-state index contributed by atoms with van der Waals surface area (Å²) in [6.45, 7) is 0. The van der Waals surface area contributed by atoms with Crippen molar-refractivity contribution in [1.82, 2.24) is 0 Å². The second kappa shape index (κ2) is 3.67. The van der Waals surface area contributed by atoms with E-state index in [0.29, 0.717) is 17.2 Å². The summed E-state index contributed by atoms with van der Waals surface area (Å²) in [5.74, 6) is 1.84. The van der Waals surface area contributed by atoms with Gasteiger partial charge in [-0.15, -0.1) is 0 Å². The number of methoxy groups -OCH3 is 1. The minimum absolute atomic E-state index is 0.0565. The molecule has 2 aliphatic rings. The molecule has 0 N–H and O–H groups in total. The van der Waals surface area contributed by atoms with Crippen LogP contribution in [0.15, 0.2) is 24.3 Å². The number of ether oxygens (including phenoxy) is 1. The largest absolute Gasteiger partial charge is 0.497 e. The molecule has 4 heteroatoms. The van der Waals surface area contributed by atoms with E-state index in [9.17, 15) is 9.00 Å². The van der Waals surface area contributed by atoms with Gasteiger partial charge in [0.2, 0.25) is 0 Å². The molecule has 1 saturated heterocycles. The van der Waals surface area contributed by atoms with Crippen molar-refractivity contribution in [2.24, 2.45) is 5.92 Å². The first-order valence-electron chi connectivity index (χ1n) is 5.76. The van der Waals surface area contributed by atoms with Crippen LogP contribution in [0.4, 0.5) is 0 Å². The van der Waals surface area contributed by atoms with Crippen LogP contribution in [0.5, 0.6) is 5.75 Å². The van der Waals surface area contributed by atoms with E-state index in [-0.39, 0.29) is 5.78 Å². The first kappa shape index (κ1) is 11.0. The fraction of sp³-hybridized carbons (Fsp3) is 0.462. The zero-order valence-electron chi connectivity index (χ0n) is 9.64. The van der Waals surface area contributed by atoms with Crippen LogP contribution in [0, 0.1) is 5.92 Å². The number of ketones is 1. The number of hydrogen-bond acceptors (Lipinski definition) is 3. The van der Waals surface area contributed by atoms with E-state index in [1.165, 1.54) is 0 Å². The van der Waals surface area contributed by atoms with Gasteiger partial charge >= 0.3 is 0 Å². The van der Waals surface area contributed by atoms with E-state index < -0.39 is 15.5 Å². The van der Waals surface area contributed by atoms with Crippen LogP contribution in [-0.2, 0) is 10.8 Å². The summed E-state index contributed by atoms with van der Waals surface area (Å²) in [6, 6.07) is 7.08. The topological polar surface area (TPSA) is 43.4 Å². The number of Topliss-reactive ketones (excluding diaryl/α,β-unsaturated/α-hetero) is 1. The van der Waals surface area contributed by atoms with Gasteiger partial charge in [-0.2, -0.15) is 0 Å². The zero-order chi connectivity index (χ0) is 12.0. The van der Waals surface area contributed by atoms with Gasteiger partial charge in [-0.25, -0.2) is 0 Å². The molecule has 0 spiro atoms. The van der Waals surface area contributed by atoms with Gasteiger partial charge in [0.15, 0.2) is 5.78 Å². The lowest BCUT2D eigenvalue weighted by Crippen LogP contribution is -2.27. The van der Waals surface area contributed by atoms with E-state index in [1.54, 1.807) is 31.4 Å².